The van der Waals surface area contributed by atoms with Crippen molar-refractivity contribution < 1.29 is 18.5 Å². The van der Waals surface area contributed by atoms with Gasteiger partial charge in [-0.3, -0.25) is 4.72 Å². The van der Waals surface area contributed by atoms with Crippen molar-refractivity contribution in [3.63, 3.8) is 0 Å². The van der Waals surface area contributed by atoms with Crippen LogP contribution in [0.1, 0.15) is 25.5 Å². The SMILES string of the molecule is CCOC(=O)C1=C(C)N[S@](=O)N[C@H]1c1ccc(OC)cc1. The molecule has 1 heterocycles. The highest BCUT2D eigenvalue weighted by Gasteiger charge is 2.31. The van der Waals surface area contributed by atoms with Crippen molar-refractivity contribution in [3.8, 4) is 5.75 Å². The lowest BCUT2D eigenvalue weighted by molar-refractivity contribution is -0.139. The van der Waals surface area contributed by atoms with Gasteiger partial charge in [-0.1, -0.05) is 12.1 Å². The van der Waals surface area contributed by atoms with Gasteiger partial charge in [-0.25, -0.2) is 13.7 Å². The minimum Gasteiger partial charge on any atom is -0.497 e. The molecule has 2 rings (SSSR count). The van der Waals surface area contributed by atoms with Crippen LogP contribution < -0.4 is 14.2 Å². The molecule has 0 aliphatic carbocycles. The van der Waals surface area contributed by atoms with Gasteiger partial charge in [0.05, 0.1) is 25.3 Å². The summed E-state index contributed by atoms with van der Waals surface area (Å²) < 4.78 is 27.5. The molecule has 1 aliphatic rings. The Labute approximate surface area is 126 Å². The first-order valence-electron chi connectivity index (χ1n) is 6.53. The van der Waals surface area contributed by atoms with Crippen molar-refractivity contribution in [2.24, 2.45) is 0 Å². The summed E-state index contributed by atoms with van der Waals surface area (Å²) in [6, 6.07) is 6.74. The topological polar surface area (TPSA) is 76.7 Å². The second-order valence-electron chi connectivity index (χ2n) is 4.45. The minimum absolute atomic E-state index is 0.286. The molecule has 0 unspecified atom stereocenters. The van der Waals surface area contributed by atoms with Gasteiger partial charge in [0.25, 0.3) is 0 Å². The molecule has 6 nitrogen and oxygen atoms in total. The second kappa shape index (κ2) is 6.73. The number of benzene rings is 1. The molecular formula is C14H18N2O4S. The summed E-state index contributed by atoms with van der Waals surface area (Å²) in [5.74, 6) is 0.291. The molecular weight excluding hydrogens is 292 g/mol. The molecule has 0 spiro atoms. The molecule has 0 aromatic heterocycles. The molecule has 1 aliphatic heterocycles. The molecule has 2 atom stereocenters. The van der Waals surface area contributed by atoms with E-state index in [2.05, 4.69) is 9.44 Å². The summed E-state index contributed by atoms with van der Waals surface area (Å²) in [5, 5.41) is 0. The van der Waals surface area contributed by atoms with E-state index >= 15 is 0 Å². The van der Waals surface area contributed by atoms with Crippen LogP contribution in [0, 0.1) is 0 Å². The summed E-state index contributed by atoms with van der Waals surface area (Å²) in [5.41, 5.74) is 1.79. The molecule has 1 aromatic carbocycles. The normalized spacial score (nSPS) is 21.7. The van der Waals surface area contributed by atoms with E-state index in [1.807, 2.05) is 12.1 Å². The van der Waals surface area contributed by atoms with Gasteiger partial charge in [0.2, 0.25) is 0 Å². The molecule has 7 heteroatoms. The van der Waals surface area contributed by atoms with E-state index in [1.165, 1.54) is 0 Å². The summed E-state index contributed by atoms with van der Waals surface area (Å²) in [4.78, 5) is 12.1. The van der Waals surface area contributed by atoms with Crippen LogP contribution in [0.4, 0.5) is 0 Å². The third kappa shape index (κ3) is 3.43. The molecule has 0 amide bonds. The summed E-state index contributed by atoms with van der Waals surface area (Å²) in [6.45, 7) is 3.74. The number of hydrogen-bond donors (Lipinski definition) is 2. The van der Waals surface area contributed by atoms with Gasteiger partial charge >= 0.3 is 5.97 Å². The Hall–Kier alpha value is -1.86. The lowest BCUT2D eigenvalue weighted by Crippen LogP contribution is -2.41. The van der Waals surface area contributed by atoms with Crippen LogP contribution in [0.5, 0.6) is 5.75 Å². The molecule has 2 N–H and O–H groups in total. The highest BCUT2D eigenvalue weighted by Crippen LogP contribution is 2.29. The fourth-order valence-corrected chi connectivity index (χ4v) is 3.03. The Bertz CT molecular complexity index is 583. The highest BCUT2D eigenvalue weighted by molar-refractivity contribution is 7.81. The van der Waals surface area contributed by atoms with Gasteiger partial charge in [0, 0.05) is 5.70 Å². The molecule has 0 radical (unpaired) electrons. The molecule has 0 bridgehead atoms. The van der Waals surface area contributed by atoms with Crippen LogP contribution in [-0.2, 0) is 20.7 Å². The molecule has 21 heavy (non-hydrogen) atoms. The van der Waals surface area contributed by atoms with E-state index < -0.39 is 23.2 Å². The van der Waals surface area contributed by atoms with Crippen molar-refractivity contribution in [3.05, 3.63) is 41.1 Å². The summed E-state index contributed by atoms with van der Waals surface area (Å²) in [7, 11) is 1.58. The zero-order valence-corrected chi connectivity index (χ0v) is 13.0. The predicted molar refractivity (Wildman–Crippen MR) is 79.5 cm³/mol. The number of rotatable bonds is 4. The molecule has 0 saturated carbocycles. The first kappa shape index (κ1) is 15.5. The Morgan fingerprint density at radius 3 is 2.57 bits per heavy atom. The quantitative estimate of drug-likeness (QED) is 0.823. The highest BCUT2D eigenvalue weighted by atomic mass is 32.2. The van der Waals surface area contributed by atoms with Gasteiger partial charge in [-0.2, -0.15) is 0 Å². The van der Waals surface area contributed by atoms with E-state index in [9.17, 15) is 9.00 Å². The Kier molecular flexibility index (Phi) is 4.98. The van der Waals surface area contributed by atoms with E-state index in [1.54, 1.807) is 33.1 Å². The maximum atomic E-state index is 12.1. The molecule has 1 aromatic rings. The zero-order valence-electron chi connectivity index (χ0n) is 12.1. The first-order chi connectivity index (χ1) is 10.1. The number of nitrogens with one attached hydrogen (secondary N) is 2. The van der Waals surface area contributed by atoms with E-state index in [-0.39, 0.29) is 6.61 Å². The number of allylic oxidation sites excluding steroid dienone is 1. The third-order valence-corrected chi connectivity index (χ3v) is 4.05. The van der Waals surface area contributed by atoms with E-state index in [0.717, 1.165) is 5.56 Å². The van der Waals surface area contributed by atoms with Crippen LogP contribution in [0.3, 0.4) is 0 Å². The molecule has 114 valence electrons. The number of ether oxygens (including phenoxy) is 2. The Balaban J connectivity index is 2.39. The number of carbonyl (C=O) groups is 1. The van der Waals surface area contributed by atoms with Crippen LogP contribution in [0.25, 0.3) is 0 Å². The monoisotopic (exact) mass is 310 g/mol. The van der Waals surface area contributed by atoms with Gasteiger partial charge in [0.15, 0.2) is 11.2 Å². The van der Waals surface area contributed by atoms with Crippen LogP contribution in [0.15, 0.2) is 35.5 Å². The van der Waals surface area contributed by atoms with Crippen molar-refractivity contribution in [2.45, 2.75) is 19.9 Å². The zero-order chi connectivity index (χ0) is 15.4. The van der Waals surface area contributed by atoms with Crippen molar-refractivity contribution in [1.29, 1.82) is 0 Å². The maximum Gasteiger partial charge on any atom is 0.337 e. The van der Waals surface area contributed by atoms with Gasteiger partial charge < -0.3 is 9.47 Å². The third-order valence-electron chi connectivity index (χ3n) is 3.11. The molecule has 0 saturated heterocycles. The van der Waals surface area contributed by atoms with Gasteiger partial charge in [-0.15, -0.1) is 0 Å². The standard InChI is InChI=1S/C14H18N2O4S/c1-4-20-14(17)12-9(2)15-21(18)16-13(12)10-5-7-11(19-3)8-6-10/h5-8,13,15-16H,4H2,1-3H3/t13-,21-/m0/s1. The van der Waals surface area contributed by atoms with Crippen molar-refractivity contribution in [1.82, 2.24) is 9.44 Å². The maximum absolute atomic E-state index is 12.1. The fraction of sp³-hybridized carbons (Fsp3) is 0.357. The van der Waals surface area contributed by atoms with E-state index in [0.29, 0.717) is 17.0 Å². The lowest BCUT2D eigenvalue weighted by atomic mass is 9.98. The van der Waals surface area contributed by atoms with Gasteiger partial charge in [-0.05, 0) is 31.5 Å². The van der Waals surface area contributed by atoms with Crippen LogP contribution in [-0.4, -0.2) is 23.9 Å². The number of methoxy groups -OCH3 is 1. The lowest BCUT2D eigenvalue weighted by Gasteiger charge is -2.27. The predicted octanol–water partition coefficient (Wildman–Crippen LogP) is 1.34. The van der Waals surface area contributed by atoms with E-state index in [4.69, 9.17) is 9.47 Å². The Morgan fingerprint density at radius 2 is 2.00 bits per heavy atom. The van der Waals surface area contributed by atoms with Crippen molar-refractivity contribution >= 4 is 17.1 Å². The average molecular weight is 310 g/mol. The molecule has 0 fully saturated rings. The summed E-state index contributed by atoms with van der Waals surface area (Å²) in [6.07, 6.45) is 0. The minimum atomic E-state index is -1.45. The average Bonchev–Trinajstić information content (AvgIpc) is 2.46. The largest absolute Gasteiger partial charge is 0.497 e. The Morgan fingerprint density at radius 1 is 1.33 bits per heavy atom. The second-order valence-corrected chi connectivity index (χ2v) is 5.43. The van der Waals surface area contributed by atoms with Crippen LogP contribution in [0.2, 0.25) is 0 Å². The summed E-state index contributed by atoms with van der Waals surface area (Å²) >= 11 is -1.45. The number of carbonyl (C=O) groups excluding carboxylic acids is 1. The van der Waals surface area contributed by atoms with Gasteiger partial charge in [0.1, 0.15) is 5.75 Å². The fourth-order valence-electron chi connectivity index (χ4n) is 2.12. The smallest absolute Gasteiger partial charge is 0.337 e. The van der Waals surface area contributed by atoms with Crippen molar-refractivity contribution in [2.75, 3.05) is 13.7 Å². The first-order valence-corrected chi connectivity index (χ1v) is 7.68. The number of hydrogen-bond acceptors (Lipinski definition) is 4. The number of esters is 1. The van der Waals surface area contributed by atoms with Crippen LogP contribution >= 0.6 is 0 Å².